The molecular weight excluding hydrogens is 318 g/mol. The van der Waals surface area contributed by atoms with Crippen molar-refractivity contribution in [1.29, 1.82) is 0 Å². The zero-order chi connectivity index (χ0) is 14.5. The summed E-state index contributed by atoms with van der Waals surface area (Å²) in [4.78, 5) is 15.6. The Hall–Kier alpha value is -1.69. The first-order valence-corrected chi connectivity index (χ1v) is 7.42. The van der Waals surface area contributed by atoms with Crippen molar-refractivity contribution in [2.45, 2.75) is 13.8 Å². The molecule has 0 saturated heterocycles. The summed E-state index contributed by atoms with van der Waals surface area (Å²) in [5, 5.41) is 3.00. The van der Waals surface area contributed by atoms with E-state index in [0.717, 1.165) is 23.1 Å². The van der Waals surface area contributed by atoms with Crippen LogP contribution < -0.4 is 10.2 Å². The fourth-order valence-electron chi connectivity index (χ4n) is 1.89. The summed E-state index contributed by atoms with van der Waals surface area (Å²) in [6.07, 6.45) is 0. The summed E-state index contributed by atoms with van der Waals surface area (Å²) in [5.41, 5.74) is 0.958. The molecule has 0 unspecified atom stereocenters. The minimum Gasteiger partial charge on any atom is -0.357 e. The van der Waals surface area contributed by atoms with Crippen molar-refractivity contribution in [2.75, 3.05) is 30.4 Å². The van der Waals surface area contributed by atoms with Crippen LogP contribution in [-0.2, 0) is 0 Å². The van der Waals surface area contributed by atoms with Crippen LogP contribution in [0.15, 0.2) is 28.7 Å². The Balaban J connectivity index is 2.54. The second-order valence-electron chi connectivity index (χ2n) is 4.18. The van der Waals surface area contributed by atoms with Crippen LogP contribution in [0.25, 0.3) is 11.4 Å². The van der Waals surface area contributed by atoms with Gasteiger partial charge in [-0.3, -0.25) is 0 Å². The summed E-state index contributed by atoms with van der Waals surface area (Å²) in [6, 6.07) is 7.92. The molecule has 2 rings (SSSR count). The van der Waals surface area contributed by atoms with Gasteiger partial charge in [0.25, 0.3) is 0 Å². The number of benzene rings is 1. The Morgan fingerprint density at radius 1 is 1.10 bits per heavy atom. The van der Waals surface area contributed by atoms with Crippen LogP contribution in [0.3, 0.4) is 0 Å². The normalized spacial score (nSPS) is 10.4. The first-order chi connectivity index (χ1) is 9.69. The Bertz CT molecular complexity index is 584. The van der Waals surface area contributed by atoms with E-state index < -0.39 is 0 Å². The number of anilines is 2. The highest BCUT2D eigenvalue weighted by Gasteiger charge is 2.13. The third-order valence-electron chi connectivity index (χ3n) is 3.01. The number of rotatable bonds is 5. The van der Waals surface area contributed by atoms with Crippen LogP contribution >= 0.6 is 15.9 Å². The molecule has 0 radical (unpaired) electrons. The fraction of sp³-hybridized carbons (Fsp3) is 0.357. The third-order valence-corrected chi connectivity index (χ3v) is 3.70. The SMILES string of the molecule is CCN(CC)c1nc(NC)nc(-c2ccccc2Br)n1. The zero-order valence-corrected chi connectivity index (χ0v) is 13.5. The number of aromatic nitrogens is 3. The van der Waals surface area contributed by atoms with Gasteiger partial charge in [-0.1, -0.05) is 34.1 Å². The lowest BCUT2D eigenvalue weighted by Gasteiger charge is -2.19. The molecule has 1 aromatic carbocycles. The van der Waals surface area contributed by atoms with E-state index in [-0.39, 0.29) is 0 Å². The lowest BCUT2D eigenvalue weighted by molar-refractivity contribution is 0.815. The molecule has 0 aliphatic rings. The molecule has 0 aliphatic heterocycles. The number of nitrogens with zero attached hydrogens (tertiary/aromatic N) is 4. The van der Waals surface area contributed by atoms with Gasteiger partial charge in [0.05, 0.1) is 0 Å². The molecule has 106 valence electrons. The lowest BCUT2D eigenvalue weighted by atomic mass is 10.2. The molecule has 0 aliphatic carbocycles. The highest BCUT2D eigenvalue weighted by atomic mass is 79.9. The minimum atomic E-state index is 0.577. The molecule has 0 spiro atoms. The fourth-order valence-corrected chi connectivity index (χ4v) is 2.35. The molecule has 5 nitrogen and oxygen atoms in total. The van der Waals surface area contributed by atoms with Gasteiger partial charge in [-0.2, -0.15) is 15.0 Å². The van der Waals surface area contributed by atoms with Crippen LogP contribution in [0.5, 0.6) is 0 Å². The van der Waals surface area contributed by atoms with Crippen molar-refractivity contribution in [1.82, 2.24) is 15.0 Å². The van der Waals surface area contributed by atoms with Gasteiger partial charge in [0.1, 0.15) is 0 Å². The summed E-state index contributed by atoms with van der Waals surface area (Å²) in [6.45, 7) is 5.90. The van der Waals surface area contributed by atoms with E-state index >= 15 is 0 Å². The number of hydrogen-bond donors (Lipinski definition) is 1. The molecule has 0 saturated carbocycles. The van der Waals surface area contributed by atoms with Crippen LogP contribution in [0.4, 0.5) is 11.9 Å². The van der Waals surface area contributed by atoms with Gasteiger partial charge in [-0.15, -0.1) is 0 Å². The van der Waals surface area contributed by atoms with Gasteiger partial charge >= 0.3 is 0 Å². The average molecular weight is 336 g/mol. The van der Waals surface area contributed by atoms with E-state index in [0.29, 0.717) is 17.7 Å². The number of hydrogen-bond acceptors (Lipinski definition) is 5. The van der Waals surface area contributed by atoms with Gasteiger partial charge in [0.15, 0.2) is 5.82 Å². The Morgan fingerprint density at radius 2 is 1.80 bits per heavy atom. The summed E-state index contributed by atoms with van der Waals surface area (Å²) >= 11 is 3.54. The molecule has 1 N–H and O–H groups in total. The van der Waals surface area contributed by atoms with E-state index in [1.54, 1.807) is 0 Å². The van der Waals surface area contributed by atoms with Crippen molar-refractivity contribution in [3.63, 3.8) is 0 Å². The van der Waals surface area contributed by atoms with E-state index in [1.807, 2.05) is 31.3 Å². The highest BCUT2D eigenvalue weighted by molar-refractivity contribution is 9.10. The van der Waals surface area contributed by atoms with E-state index in [9.17, 15) is 0 Å². The summed E-state index contributed by atoms with van der Waals surface area (Å²) in [5.74, 6) is 1.94. The molecule has 0 bridgehead atoms. The zero-order valence-electron chi connectivity index (χ0n) is 11.9. The predicted octanol–water partition coefficient (Wildman–Crippen LogP) is 3.19. The molecule has 20 heavy (non-hydrogen) atoms. The molecule has 1 heterocycles. The van der Waals surface area contributed by atoms with Crippen LogP contribution in [0.2, 0.25) is 0 Å². The van der Waals surface area contributed by atoms with Gasteiger partial charge in [0.2, 0.25) is 11.9 Å². The van der Waals surface area contributed by atoms with Crippen LogP contribution in [0.1, 0.15) is 13.8 Å². The van der Waals surface area contributed by atoms with Crippen molar-refractivity contribution >= 4 is 27.8 Å². The Labute approximate surface area is 127 Å². The maximum atomic E-state index is 4.59. The van der Waals surface area contributed by atoms with E-state index in [4.69, 9.17) is 0 Å². The second kappa shape index (κ2) is 6.65. The predicted molar refractivity (Wildman–Crippen MR) is 86.1 cm³/mol. The van der Waals surface area contributed by atoms with Crippen molar-refractivity contribution in [2.24, 2.45) is 0 Å². The van der Waals surface area contributed by atoms with Gasteiger partial charge < -0.3 is 10.2 Å². The molecule has 6 heteroatoms. The average Bonchev–Trinajstić information content (AvgIpc) is 2.48. The maximum absolute atomic E-state index is 4.59. The van der Waals surface area contributed by atoms with Gasteiger partial charge in [-0.25, -0.2) is 0 Å². The largest absolute Gasteiger partial charge is 0.357 e. The first-order valence-electron chi connectivity index (χ1n) is 6.63. The quantitative estimate of drug-likeness (QED) is 0.909. The Kier molecular flexibility index (Phi) is 4.89. The van der Waals surface area contributed by atoms with E-state index in [2.05, 4.69) is 54.9 Å². The third kappa shape index (κ3) is 3.07. The standard InChI is InChI=1S/C14H18BrN5/c1-4-20(5-2)14-18-12(17-13(16-3)19-14)10-8-6-7-9-11(10)15/h6-9H,4-5H2,1-3H3,(H,16,17,18,19). The molecular formula is C14H18BrN5. The summed E-state index contributed by atoms with van der Waals surface area (Å²) < 4.78 is 0.971. The van der Waals surface area contributed by atoms with Crippen LogP contribution in [0, 0.1) is 0 Å². The Morgan fingerprint density at radius 3 is 2.40 bits per heavy atom. The lowest BCUT2D eigenvalue weighted by Crippen LogP contribution is -2.25. The van der Waals surface area contributed by atoms with Crippen molar-refractivity contribution in [3.8, 4) is 11.4 Å². The van der Waals surface area contributed by atoms with E-state index in [1.165, 1.54) is 0 Å². The highest BCUT2D eigenvalue weighted by Crippen LogP contribution is 2.26. The monoisotopic (exact) mass is 335 g/mol. The molecule has 0 amide bonds. The second-order valence-corrected chi connectivity index (χ2v) is 5.04. The smallest absolute Gasteiger partial charge is 0.230 e. The van der Waals surface area contributed by atoms with Gasteiger partial charge in [-0.05, 0) is 19.9 Å². The molecule has 2 aromatic rings. The number of halogens is 1. The summed E-state index contributed by atoms with van der Waals surface area (Å²) in [7, 11) is 1.81. The van der Waals surface area contributed by atoms with Crippen LogP contribution in [-0.4, -0.2) is 35.1 Å². The molecule has 0 atom stereocenters. The first kappa shape index (κ1) is 14.7. The van der Waals surface area contributed by atoms with Gasteiger partial charge in [0, 0.05) is 30.2 Å². The topological polar surface area (TPSA) is 53.9 Å². The number of nitrogens with one attached hydrogen (secondary N) is 1. The van der Waals surface area contributed by atoms with Crippen molar-refractivity contribution < 1.29 is 0 Å². The minimum absolute atomic E-state index is 0.577. The van der Waals surface area contributed by atoms with Crippen molar-refractivity contribution in [3.05, 3.63) is 28.7 Å². The molecule has 1 aromatic heterocycles. The maximum Gasteiger partial charge on any atom is 0.230 e. The molecule has 0 fully saturated rings.